The van der Waals surface area contributed by atoms with Crippen molar-refractivity contribution >= 4 is 52.6 Å². The number of morpholine rings is 2. The molecule has 1 aromatic heterocycles. The van der Waals surface area contributed by atoms with Gasteiger partial charge in [0.25, 0.3) is 0 Å². The SMILES string of the molecule is COc1cc(C=NNc2nc(N3CCOCC3)nc(N3CCOCC3)n2)ccc1OC(=O)c1ccccc1I. The molecule has 2 saturated heterocycles. The monoisotopic (exact) mass is 645 g/mol. The number of hydrogen-bond acceptors (Lipinski definition) is 12. The van der Waals surface area contributed by atoms with Crippen LogP contribution in [0.25, 0.3) is 0 Å². The Morgan fingerprint density at radius 1 is 0.949 bits per heavy atom. The Morgan fingerprint density at radius 3 is 2.21 bits per heavy atom. The molecule has 1 N–H and O–H groups in total. The van der Waals surface area contributed by atoms with Crippen molar-refractivity contribution in [3.05, 3.63) is 57.2 Å². The number of nitrogens with zero attached hydrogens (tertiary/aromatic N) is 6. The second-order valence-corrected chi connectivity index (χ2v) is 9.77. The highest BCUT2D eigenvalue weighted by atomic mass is 127. The maximum atomic E-state index is 12.6. The lowest BCUT2D eigenvalue weighted by molar-refractivity contribution is 0.0728. The Bertz CT molecular complexity index is 1290. The van der Waals surface area contributed by atoms with Gasteiger partial charge in [-0.15, -0.1) is 0 Å². The Balaban J connectivity index is 1.31. The predicted molar refractivity (Wildman–Crippen MR) is 154 cm³/mol. The van der Waals surface area contributed by atoms with Crippen molar-refractivity contribution in [2.24, 2.45) is 5.10 Å². The van der Waals surface area contributed by atoms with E-state index in [1.165, 1.54) is 7.11 Å². The molecule has 13 heteroatoms. The summed E-state index contributed by atoms with van der Waals surface area (Å²) in [6, 6.07) is 12.4. The van der Waals surface area contributed by atoms with E-state index in [0.717, 1.165) is 9.13 Å². The van der Waals surface area contributed by atoms with Crippen molar-refractivity contribution in [3.63, 3.8) is 0 Å². The normalized spacial score (nSPS) is 15.8. The highest BCUT2D eigenvalue weighted by Crippen LogP contribution is 2.29. The van der Waals surface area contributed by atoms with Gasteiger partial charge in [0.2, 0.25) is 17.8 Å². The van der Waals surface area contributed by atoms with Gasteiger partial charge in [-0.25, -0.2) is 10.2 Å². The van der Waals surface area contributed by atoms with Crippen LogP contribution in [0, 0.1) is 3.57 Å². The second-order valence-electron chi connectivity index (χ2n) is 8.61. The number of nitrogens with one attached hydrogen (secondary N) is 1. The van der Waals surface area contributed by atoms with Gasteiger partial charge < -0.3 is 28.7 Å². The zero-order valence-electron chi connectivity index (χ0n) is 21.4. The number of carbonyl (C=O) groups excluding carboxylic acids is 1. The molecule has 0 bridgehead atoms. The summed E-state index contributed by atoms with van der Waals surface area (Å²) in [5, 5.41) is 4.33. The number of aromatic nitrogens is 3. The lowest BCUT2D eigenvalue weighted by Gasteiger charge is -2.30. The highest BCUT2D eigenvalue weighted by molar-refractivity contribution is 14.1. The molecule has 0 atom stereocenters. The van der Waals surface area contributed by atoms with Crippen molar-refractivity contribution < 1.29 is 23.7 Å². The average molecular weight is 645 g/mol. The number of benzene rings is 2. The van der Waals surface area contributed by atoms with E-state index in [1.807, 2.05) is 12.1 Å². The first kappa shape index (κ1) is 27.0. The van der Waals surface area contributed by atoms with Gasteiger partial charge in [-0.3, -0.25) is 0 Å². The Kier molecular flexibility index (Phi) is 9.00. The number of rotatable bonds is 8. The number of anilines is 3. The molecule has 2 aliphatic rings. The van der Waals surface area contributed by atoms with E-state index in [2.05, 4.69) is 52.9 Å². The average Bonchev–Trinajstić information content (AvgIpc) is 2.98. The third-order valence-electron chi connectivity index (χ3n) is 6.06. The fourth-order valence-electron chi connectivity index (χ4n) is 4.01. The molecule has 12 nitrogen and oxygen atoms in total. The Labute approximate surface area is 239 Å². The Hall–Kier alpha value is -3.56. The van der Waals surface area contributed by atoms with E-state index >= 15 is 0 Å². The van der Waals surface area contributed by atoms with Crippen LogP contribution in [0.15, 0.2) is 47.6 Å². The van der Waals surface area contributed by atoms with Crippen LogP contribution in [0.2, 0.25) is 0 Å². The van der Waals surface area contributed by atoms with E-state index in [0.29, 0.717) is 87.5 Å². The summed E-state index contributed by atoms with van der Waals surface area (Å²) in [6.07, 6.45) is 1.61. The van der Waals surface area contributed by atoms with Gasteiger partial charge in [-0.2, -0.15) is 20.1 Å². The van der Waals surface area contributed by atoms with Crippen molar-refractivity contribution in [1.29, 1.82) is 0 Å². The zero-order chi connectivity index (χ0) is 27.0. The van der Waals surface area contributed by atoms with E-state index in [9.17, 15) is 4.79 Å². The molecule has 0 unspecified atom stereocenters. The minimum Gasteiger partial charge on any atom is -0.493 e. The third kappa shape index (κ3) is 6.91. The van der Waals surface area contributed by atoms with Crippen LogP contribution in [0.3, 0.4) is 0 Å². The van der Waals surface area contributed by atoms with Crippen molar-refractivity contribution in [2.75, 3.05) is 74.9 Å². The molecule has 2 aliphatic heterocycles. The van der Waals surface area contributed by atoms with Crippen LogP contribution in [-0.2, 0) is 9.47 Å². The first-order valence-electron chi connectivity index (χ1n) is 12.5. The van der Waals surface area contributed by atoms with Gasteiger partial charge >= 0.3 is 5.97 Å². The number of hydrazone groups is 1. The number of methoxy groups -OCH3 is 1. The molecule has 0 amide bonds. The maximum Gasteiger partial charge on any atom is 0.344 e. The van der Waals surface area contributed by atoms with Gasteiger partial charge in [-0.05, 0) is 58.5 Å². The van der Waals surface area contributed by atoms with Crippen LogP contribution < -0.4 is 24.7 Å². The van der Waals surface area contributed by atoms with Crippen LogP contribution >= 0.6 is 22.6 Å². The van der Waals surface area contributed by atoms with E-state index < -0.39 is 5.97 Å². The number of ether oxygens (including phenoxy) is 4. The van der Waals surface area contributed by atoms with Crippen LogP contribution in [0.4, 0.5) is 17.8 Å². The van der Waals surface area contributed by atoms with Crippen LogP contribution in [0.5, 0.6) is 11.5 Å². The van der Waals surface area contributed by atoms with Gasteiger partial charge in [0.1, 0.15) is 0 Å². The number of carbonyl (C=O) groups is 1. The summed E-state index contributed by atoms with van der Waals surface area (Å²) in [5.74, 6) is 1.75. The van der Waals surface area contributed by atoms with Gasteiger partial charge in [0.05, 0.1) is 45.3 Å². The van der Waals surface area contributed by atoms with Crippen molar-refractivity contribution in [1.82, 2.24) is 15.0 Å². The van der Waals surface area contributed by atoms with Gasteiger partial charge in [0.15, 0.2) is 11.5 Å². The summed E-state index contributed by atoms with van der Waals surface area (Å²) < 4.78 is 22.8. The summed E-state index contributed by atoms with van der Waals surface area (Å²) >= 11 is 2.10. The van der Waals surface area contributed by atoms with Gasteiger partial charge in [-0.1, -0.05) is 12.1 Å². The van der Waals surface area contributed by atoms with Gasteiger partial charge in [0, 0.05) is 29.7 Å². The lowest BCUT2D eigenvalue weighted by Crippen LogP contribution is -2.40. The molecule has 0 saturated carbocycles. The summed E-state index contributed by atoms with van der Waals surface area (Å²) in [5.41, 5.74) is 4.14. The molecular formula is C26H28IN7O5. The molecular weight excluding hydrogens is 617 g/mol. The smallest absolute Gasteiger partial charge is 0.344 e. The quantitative estimate of drug-likeness (QED) is 0.128. The molecule has 0 aliphatic carbocycles. The highest BCUT2D eigenvalue weighted by Gasteiger charge is 2.21. The Morgan fingerprint density at radius 2 is 1.59 bits per heavy atom. The molecule has 2 aromatic carbocycles. The third-order valence-corrected chi connectivity index (χ3v) is 7.00. The second kappa shape index (κ2) is 13.0. The minimum atomic E-state index is -0.455. The van der Waals surface area contributed by atoms with E-state index in [1.54, 1.807) is 36.5 Å². The first-order valence-corrected chi connectivity index (χ1v) is 13.5. The molecule has 39 heavy (non-hydrogen) atoms. The summed E-state index contributed by atoms with van der Waals surface area (Å²) in [6.45, 7) is 5.30. The maximum absolute atomic E-state index is 12.6. The molecule has 0 radical (unpaired) electrons. The van der Waals surface area contributed by atoms with Crippen molar-refractivity contribution in [2.45, 2.75) is 0 Å². The van der Waals surface area contributed by atoms with Crippen LogP contribution in [-0.4, -0.2) is 86.9 Å². The first-order chi connectivity index (χ1) is 19.1. The number of esters is 1. The summed E-state index contributed by atoms with van der Waals surface area (Å²) in [7, 11) is 1.52. The fourth-order valence-corrected chi connectivity index (χ4v) is 4.62. The minimum absolute atomic E-state index is 0.315. The molecule has 2 fully saturated rings. The summed E-state index contributed by atoms with van der Waals surface area (Å²) in [4.78, 5) is 30.7. The lowest BCUT2D eigenvalue weighted by atomic mass is 10.2. The molecule has 204 valence electrons. The predicted octanol–water partition coefficient (Wildman–Crippen LogP) is 2.82. The zero-order valence-corrected chi connectivity index (χ0v) is 23.5. The topological polar surface area (TPSA) is 124 Å². The number of hydrogen-bond donors (Lipinski definition) is 1. The fraction of sp³-hybridized carbons (Fsp3) is 0.346. The van der Waals surface area contributed by atoms with E-state index in [-0.39, 0.29) is 0 Å². The van der Waals surface area contributed by atoms with Crippen molar-refractivity contribution in [3.8, 4) is 11.5 Å². The molecule has 3 heterocycles. The molecule has 0 spiro atoms. The van der Waals surface area contributed by atoms with E-state index in [4.69, 9.17) is 23.9 Å². The van der Waals surface area contributed by atoms with Crippen LogP contribution in [0.1, 0.15) is 15.9 Å². The number of halogens is 1. The largest absolute Gasteiger partial charge is 0.493 e. The molecule has 3 aromatic rings. The molecule has 5 rings (SSSR count). The standard InChI is InChI=1S/C26H28IN7O5/c1-36-22-16-18(6-7-21(22)39-23(35)19-4-2-3-5-20(19)27)17-28-32-24-29-25(33-8-12-37-13-9-33)31-26(30-24)34-10-14-38-15-11-34/h2-7,16-17H,8-15H2,1H3,(H,29,30,31,32).